The van der Waals surface area contributed by atoms with Crippen LogP contribution in [0.1, 0.15) is 19.8 Å². The molecule has 2 fully saturated rings. The van der Waals surface area contributed by atoms with Crippen molar-refractivity contribution in [1.82, 2.24) is 4.90 Å². The van der Waals surface area contributed by atoms with Crippen molar-refractivity contribution < 1.29 is 27.8 Å². The lowest BCUT2D eigenvalue weighted by Gasteiger charge is -2.33. The number of β-amino-alcohol motifs (C(OH)–C–C–N with tert-alkyl or cyclic N) is 1. The molecule has 1 atom stereocenters. The van der Waals surface area contributed by atoms with E-state index in [0.29, 0.717) is 26.2 Å². The monoisotopic (exact) mass is 269 g/mol. The van der Waals surface area contributed by atoms with Gasteiger partial charge in [-0.05, 0) is 6.42 Å². The van der Waals surface area contributed by atoms with Crippen molar-refractivity contribution in [3.63, 3.8) is 0 Å². The van der Waals surface area contributed by atoms with Crippen LogP contribution in [0.5, 0.6) is 0 Å². The van der Waals surface area contributed by atoms with Crippen LogP contribution in [-0.2, 0) is 9.47 Å². The van der Waals surface area contributed by atoms with Crippen molar-refractivity contribution in [2.45, 2.75) is 37.3 Å². The molecular formula is C11H18F3NO3. The lowest BCUT2D eigenvalue weighted by atomic mass is 9.99. The first-order valence-corrected chi connectivity index (χ1v) is 6.10. The second-order valence-corrected chi connectivity index (χ2v) is 4.95. The zero-order valence-corrected chi connectivity index (χ0v) is 10.3. The van der Waals surface area contributed by atoms with Crippen molar-refractivity contribution in [1.29, 1.82) is 0 Å². The van der Waals surface area contributed by atoms with Gasteiger partial charge in [-0.25, -0.2) is 0 Å². The number of rotatable bonds is 3. The number of hydrogen-bond acceptors (Lipinski definition) is 4. The minimum Gasteiger partial charge on any atom is -0.379 e. The summed E-state index contributed by atoms with van der Waals surface area (Å²) in [5, 5.41) is 9.70. The first kappa shape index (κ1) is 14.0. The van der Waals surface area contributed by atoms with Gasteiger partial charge in [0.15, 0.2) is 11.4 Å². The topological polar surface area (TPSA) is 41.9 Å². The molecule has 1 N–H and O–H groups in total. The number of aliphatic hydroxyl groups is 1. The molecule has 1 unspecified atom stereocenters. The van der Waals surface area contributed by atoms with E-state index in [9.17, 15) is 18.3 Å². The Morgan fingerprint density at radius 3 is 2.39 bits per heavy atom. The third-order valence-electron chi connectivity index (χ3n) is 3.68. The molecule has 4 nitrogen and oxygen atoms in total. The summed E-state index contributed by atoms with van der Waals surface area (Å²) in [6, 6.07) is 0. The predicted octanol–water partition coefficient (Wildman–Crippen LogP) is 1.14. The van der Waals surface area contributed by atoms with E-state index in [0.717, 1.165) is 0 Å². The fourth-order valence-electron chi connectivity index (χ4n) is 2.47. The lowest BCUT2D eigenvalue weighted by Crippen LogP contribution is -2.53. The van der Waals surface area contributed by atoms with Crippen molar-refractivity contribution in [3.05, 3.63) is 0 Å². The van der Waals surface area contributed by atoms with E-state index in [1.165, 1.54) is 6.92 Å². The van der Waals surface area contributed by atoms with Crippen LogP contribution in [0.4, 0.5) is 13.2 Å². The van der Waals surface area contributed by atoms with Gasteiger partial charge in [-0.15, -0.1) is 0 Å². The summed E-state index contributed by atoms with van der Waals surface area (Å²) >= 11 is 0. The summed E-state index contributed by atoms with van der Waals surface area (Å²) in [5.74, 6) is -0.750. The van der Waals surface area contributed by atoms with Crippen molar-refractivity contribution in [3.8, 4) is 0 Å². The maximum atomic E-state index is 12.8. The van der Waals surface area contributed by atoms with Crippen LogP contribution in [0.15, 0.2) is 0 Å². The molecule has 0 aliphatic carbocycles. The first-order valence-electron chi connectivity index (χ1n) is 6.10. The summed E-state index contributed by atoms with van der Waals surface area (Å²) in [4.78, 5) is 1.56. The van der Waals surface area contributed by atoms with Gasteiger partial charge in [-0.3, -0.25) is 4.90 Å². The highest BCUT2D eigenvalue weighted by atomic mass is 19.4. The molecule has 0 aromatic carbocycles. The summed E-state index contributed by atoms with van der Waals surface area (Å²) < 4.78 is 49.2. The van der Waals surface area contributed by atoms with Gasteiger partial charge in [0.25, 0.3) is 0 Å². The zero-order chi connectivity index (χ0) is 13.4. The smallest absolute Gasteiger partial charge is 0.379 e. The number of halogens is 3. The van der Waals surface area contributed by atoms with Gasteiger partial charge in [-0.2, -0.15) is 13.2 Å². The molecule has 0 radical (unpaired) electrons. The third-order valence-corrected chi connectivity index (χ3v) is 3.68. The standard InChI is InChI=1S/C11H18F3NO3/c1-2-9(16,11(12,13)14)7-15-4-3-10(8-15)17-5-6-18-10/h16H,2-8H2,1H3. The van der Waals surface area contributed by atoms with Crippen LogP contribution in [0.2, 0.25) is 0 Å². The van der Waals surface area contributed by atoms with Crippen LogP contribution < -0.4 is 0 Å². The van der Waals surface area contributed by atoms with E-state index in [1.54, 1.807) is 4.90 Å². The minimum atomic E-state index is -4.62. The van der Waals surface area contributed by atoms with E-state index < -0.39 is 24.1 Å². The Labute approximate surface area is 104 Å². The normalized spacial score (nSPS) is 27.8. The second kappa shape index (κ2) is 4.63. The van der Waals surface area contributed by atoms with Gasteiger partial charge in [0.1, 0.15) is 0 Å². The average molecular weight is 269 g/mol. The molecule has 2 heterocycles. The van der Waals surface area contributed by atoms with Gasteiger partial charge in [0, 0.05) is 19.5 Å². The molecule has 18 heavy (non-hydrogen) atoms. The fraction of sp³-hybridized carbons (Fsp3) is 1.00. The minimum absolute atomic E-state index is 0.283. The molecule has 0 aromatic heterocycles. The Morgan fingerprint density at radius 1 is 1.28 bits per heavy atom. The molecule has 2 saturated heterocycles. The SMILES string of the molecule is CCC(O)(CN1CCC2(C1)OCCO2)C(F)(F)F. The van der Waals surface area contributed by atoms with Crippen LogP contribution in [0.25, 0.3) is 0 Å². The highest BCUT2D eigenvalue weighted by Gasteiger charge is 2.55. The second-order valence-electron chi connectivity index (χ2n) is 4.95. The van der Waals surface area contributed by atoms with Gasteiger partial charge < -0.3 is 14.6 Å². The van der Waals surface area contributed by atoms with Gasteiger partial charge in [0.05, 0.1) is 19.8 Å². The number of hydrogen-bond donors (Lipinski definition) is 1. The zero-order valence-electron chi connectivity index (χ0n) is 10.3. The van der Waals surface area contributed by atoms with Crippen molar-refractivity contribution in [2.75, 3.05) is 32.8 Å². The highest BCUT2D eigenvalue weighted by Crippen LogP contribution is 2.37. The molecule has 7 heteroatoms. The maximum absolute atomic E-state index is 12.8. The maximum Gasteiger partial charge on any atom is 0.418 e. The number of nitrogens with zero attached hydrogens (tertiary/aromatic N) is 1. The lowest BCUT2D eigenvalue weighted by molar-refractivity contribution is -0.266. The fourth-order valence-corrected chi connectivity index (χ4v) is 2.47. The molecule has 2 aliphatic heterocycles. The Hall–Kier alpha value is -0.370. The van der Waals surface area contributed by atoms with Gasteiger partial charge >= 0.3 is 6.18 Å². The van der Waals surface area contributed by atoms with Crippen LogP contribution in [-0.4, -0.2) is 60.4 Å². The van der Waals surface area contributed by atoms with E-state index in [1.807, 2.05) is 0 Å². The molecule has 0 aromatic rings. The molecule has 1 spiro atoms. The number of likely N-dealkylation sites (tertiary alicyclic amines) is 1. The van der Waals surface area contributed by atoms with E-state index >= 15 is 0 Å². The molecule has 2 rings (SSSR count). The van der Waals surface area contributed by atoms with Gasteiger partial charge in [0.2, 0.25) is 0 Å². The average Bonchev–Trinajstić information content (AvgIpc) is 2.88. The first-order chi connectivity index (χ1) is 8.30. The molecule has 0 saturated carbocycles. The van der Waals surface area contributed by atoms with Crippen LogP contribution >= 0.6 is 0 Å². The molecule has 0 bridgehead atoms. The van der Waals surface area contributed by atoms with Crippen LogP contribution in [0.3, 0.4) is 0 Å². The molecule has 0 amide bonds. The van der Waals surface area contributed by atoms with E-state index in [-0.39, 0.29) is 13.0 Å². The Bertz CT molecular complexity index is 304. The third kappa shape index (κ3) is 2.49. The summed E-state index contributed by atoms with van der Waals surface area (Å²) in [6.45, 7) is 2.59. The Balaban J connectivity index is 1.98. The molecule has 106 valence electrons. The molecular weight excluding hydrogens is 251 g/mol. The number of ether oxygens (including phenoxy) is 2. The van der Waals surface area contributed by atoms with Gasteiger partial charge in [-0.1, -0.05) is 6.92 Å². The van der Waals surface area contributed by atoms with Crippen molar-refractivity contribution >= 4 is 0 Å². The Kier molecular flexibility index (Phi) is 3.61. The van der Waals surface area contributed by atoms with E-state index in [2.05, 4.69) is 0 Å². The summed E-state index contributed by atoms with van der Waals surface area (Å²) in [5.41, 5.74) is -2.66. The quantitative estimate of drug-likeness (QED) is 0.834. The Morgan fingerprint density at radius 2 is 1.89 bits per heavy atom. The highest BCUT2D eigenvalue weighted by molar-refractivity contribution is 4.94. The summed E-state index contributed by atoms with van der Waals surface area (Å²) in [7, 11) is 0. The summed E-state index contributed by atoms with van der Waals surface area (Å²) in [6.07, 6.45) is -4.43. The van der Waals surface area contributed by atoms with E-state index in [4.69, 9.17) is 9.47 Å². The molecule has 2 aliphatic rings. The van der Waals surface area contributed by atoms with Crippen molar-refractivity contribution in [2.24, 2.45) is 0 Å². The predicted molar refractivity (Wildman–Crippen MR) is 57.0 cm³/mol. The number of alkyl halides is 3. The van der Waals surface area contributed by atoms with Crippen LogP contribution in [0, 0.1) is 0 Å². The largest absolute Gasteiger partial charge is 0.418 e.